The number of rotatable bonds is 2. The minimum atomic E-state index is -0.597. The number of carbonyl (C=O) groups is 1. The number of hydrogen-bond donors (Lipinski definition) is 1. The maximum absolute atomic E-state index is 11.3. The van der Waals surface area contributed by atoms with Crippen LogP contribution >= 0.6 is 22.9 Å². The monoisotopic (exact) mass is 292 g/mol. The topological polar surface area (TPSA) is 73.8 Å². The lowest BCUT2D eigenvalue weighted by molar-refractivity contribution is 0.100. The van der Waals surface area contributed by atoms with Crippen LogP contribution in [0.15, 0.2) is 23.7 Å². The van der Waals surface area contributed by atoms with Gasteiger partial charge in [-0.15, -0.1) is 11.3 Å². The molecule has 0 fully saturated rings. The van der Waals surface area contributed by atoms with E-state index < -0.39 is 5.91 Å². The number of aromatic nitrogens is 3. The molecule has 0 aliphatic rings. The van der Waals surface area contributed by atoms with Gasteiger partial charge in [-0.25, -0.2) is 9.67 Å². The molecule has 0 aliphatic carbocycles. The number of carbonyl (C=O) groups excluding carboxylic acids is 1. The van der Waals surface area contributed by atoms with Crippen molar-refractivity contribution in [1.29, 1.82) is 0 Å². The van der Waals surface area contributed by atoms with E-state index in [1.807, 2.05) is 17.5 Å². The highest BCUT2D eigenvalue weighted by Gasteiger charge is 2.19. The molecular formula is C12H9ClN4OS. The molecule has 0 atom stereocenters. The largest absolute Gasteiger partial charge is 0.366 e. The van der Waals surface area contributed by atoms with Crippen LogP contribution in [0.4, 0.5) is 0 Å². The lowest BCUT2D eigenvalue weighted by Gasteiger charge is -2.01. The highest BCUT2D eigenvalue weighted by atomic mass is 35.5. The maximum Gasteiger partial charge on any atom is 0.251 e. The Hall–Kier alpha value is -1.92. The smallest absolute Gasteiger partial charge is 0.251 e. The van der Waals surface area contributed by atoms with Crippen LogP contribution in [0.3, 0.4) is 0 Å². The number of aryl methyl sites for hydroxylation is 1. The Kier molecular flexibility index (Phi) is 2.76. The van der Waals surface area contributed by atoms with Crippen LogP contribution in [-0.4, -0.2) is 20.7 Å². The van der Waals surface area contributed by atoms with Crippen molar-refractivity contribution in [3.8, 4) is 10.6 Å². The van der Waals surface area contributed by atoms with Crippen LogP contribution in [0.1, 0.15) is 10.4 Å². The van der Waals surface area contributed by atoms with Crippen molar-refractivity contribution in [3.63, 3.8) is 0 Å². The summed E-state index contributed by atoms with van der Waals surface area (Å²) >= 11 is 7.83. The molecule has 0 aliphatic heterocycles. The molecule has 3 aromatic heterocycles. The van der Waals surface area contributed by atoms with Crippen LogP contribution in [0.2, 0.25) is 5.02 Å². The summed E-state index contributed by atoms with van der Waals surface area (Å²) in [6.07, 6.45) is 1.38. The molecule has 5 nitrogen and oxygen atoms in total. The first-order valence-electron chi connectivity index (χ1n) is 5.44. The summed E-state index contributed by atoms with van der Waals surface area (Å²) in [5.41, 5.74) is 6.84. The molecular weight excluding hydrogens is 284 g/mol. The van der Waals surface area contributed by atoms with E-state index in [2.05, 4.69) is 10.1 Å². The first-order valence-corrected chi connectivity index (χ1v) is 6.70. The van der Waals surface area contributed by atoms with Gasteiger partial charge in [0, 0.05) is 13.2 Å². The van der Waals surface area contributed by atoms with Gasteiger partial charge in [-0.3, -0.25) is 4.79 Å². The van der Waals surface area contributed by atoms with Gasteiger partial charge in [-0.1, -0.05) is 17.7 Å². The summed E-state index contributed by atoms with van der Waals surface area (Å²) in [6, 6.07) is 3.87. The predicted molar refractivity (Wildman–Crippen MR) is 75.3 cm³/mol. The van der Waals surface area contributed by atoms with Gasteiger partial charge < -0.3 is 5.73 Å². The second-order valence-electron chi connectivity index (χ2n) is 4.00. The van der Waals surface area contributed by atoms with Crippen LogP contribution < -0.4 is 5.73 Å². The molecule has 0 saturated heterocycles. The number of pyridine rings is 1. The highest BCUT2D eigenvalue weighted by Crippen LogP contribution is 2.35. The van der Waals surface area contributed by atoms with Crippen molar-refractivity contribution in [3.05, 3.63) is 34.3 Å². The van der Waals surface area contributed by atoms with Crippen LogP contribution in [0.5, 0.6) is 0 Å². The van der Waals surface area contributed by atoms with Gasteiger partial charge >= 0.3 is 0 Å². The third kappa shape index (κ3) is 1.80. The molecule has 0 saturated carbocycles. The molecule has 1 amide bonds. The Morgan fingerprint density at radius 2 is 2.32 bits per heavy atom. The average molecular weight is 293 g/mol. The quantitative estimate of drug-likeness (QED) is 0.788. The van der Waals surface area contributed by atoms with Crippen molar-refractivity contribution in [2.24, 2.45) is 12.8 Å². The van der Waals surface area contributed by atoms with Gasteiger partial charge in [0.05, 0.1) is 20.8 Å². The molecule has 3 heterocycles. The highest BCUT2D eigenvalue weighted by molar-refractivity contribution is 7.13. The van der Waals surface area contributed by atoms with Gasteiger partial charge in [0.25, 0.3) is 5.91 Å². The van der Waals surface area contributed by atoms with E-state index in [4.69, 9.17) is 17.3 Å². The summed E-state index contributed by atoms with van der Waals surface area (Å²) in [5, 5.41) is 7.33. The maximum atomic E-state index is 11.3. The Bertz CT molecular complexity index is 779. The fourth-order valence-corrected chi connectivity index (χ4v) is 2.97. The number of thiophene rings is 1. The van der Waals surface area contributed by atoms with E-state index in [-0.39, 0.29) is 5.56 Å². The lowest BCUT2D eigenvalue weighted by atomic mass is 10.1. The molecule has 0 aromatic carbocycles. The van der Waals surface area contributed by atoms with Crippen LogP contribution in [0, 0.1) is 0 Å². The van der Waals surface area contributed by atoms with Gasteiger partial charge in [0.2, 0.25) is 0 Å². The second kappa shape index (κ2) is 4.32. The Labute approximate surface area is 117 Å². The van der Waals surface area contributed by atoms with E-state index in [0.717, 1.165) is 4.88 Å². The minimum Gasteiger partial charge on any atom is -0.366 e. The third-order valence-corrected chi connectivity index (χ3v) is 4.08. The fourth-order valence-electron chi connectivity index (χ4n) is 1.94. The van der Waals surface area contributed by atoms with Crippen molar-refractivity contribution in [2.75, 3.05) is 0 Å². The normalized spacial score (nSPS) is 11.1. The molecule has 7 heteroatoms. The fraction of sp³-hybridized carbons (Fsp3) is 0.0833. The first-order chi connectivity index (χ1) is 9.09. The predicted octanol–water partition coefficient (Wildman–Crippen LogP) is 2.45. The molecule has 0 radical (unpaired) electrons. The Morgan fingerprint density at radius 3 is 2.95 bits per heavy atom. The van der Waals surface area contributed by atoms with Gasteiger partial charge in [-0.2, -0.15) is 5.10 Å². The summed E-state index contributed by atoms with van der Waals surface area (Å²) in [6.45, 7) is 0. The zero-order chi connectivity index (χ0) is 13.6. The lowest BCUT2D eigenvalue weighted by Crippen LogP contribution is -2.12. The zero-order valence-electron chi connectivity index (χ0n) is 9.92. The number of primary amides is 1. The number of nitrogens with two attached hydrogens (primary N) is 1. The number of nitrogens with zero attached hydrogens (tertiary/aromatic N) is 3. The summed E-state index contributed by atoms with van der Waals surface area (Å²) in [5.74, 6) is -0.597. The van der Waals surface area contributed by atoms with E-state index >= 15 is 0 Å². The Balaban J connectivity index is 2.41. The molecule has 0 unspecified atom stereocenters. The molecule has 96 valence electrons. The molecule has 0 bridgehead atoms. The first kappa shape index (κ1) is 12.1. The van der Waals surface area contributed by atoms with E-state index in [1.54, 1.807) is 23.1 Å². The van der Waals surface area contributed by atoms with E-state index in [1.165, 1.54) is 6.20 Å². The molecule has 2 N–H and O–H groups in total. The van der Waals surface area contributed by atoms with Gasteiger partial charge in [0.1, 0.15) is 5.69 Å². The van der Waals surface area contributed by atoms with Crippen molar-refractivity contribution in [1.82, 2.24) is 14.8 Å². The standard InChI is InChI=1S/C12H9ClN4OS/c1-17-12-8(9(13)6(5-15-12)11(14)18)10(16-17)7-3-2-4-19-7/h2-5H,1H3,(H2,14,18). The van der Waals surface area contributed by atoms with Gasteiger partial charge in [0.15, 0.2) is 5.65 Å². The van der Waals surface area contributed by atoms with Gasteiger partial charge in [-0.05, 0) is 11.4 Å². The third-order valence-electron chi connectivity index (χ3n) is 2.81. The molecule has 19 heavy (non-hydrogen) atoms. The van der Waals surface area contributed by atoms with Crippen LogP contribution in [0.25, 0.3) is 21.6 Å². The van der Waals surface area contributed by atoms with E-state index in [0.29, 0.717) is 21.7 Å². The van der Waals surface area contributed by atoms with E-state index in [9.17, 15) is 4.79 Å². The number of amides is 1. The number of halogens is 1. The number of fused-ring (bicyclic) bond motifs is 1. The second-order valence-corrected chi connectivity index (χ2v) is 5.32. The minimum absolute atomic E-state index is 0.208. The zero-order valence-corrected chi connectivity index (χ0v) is 11.5. The Morgan fingerprint density at radius 1 is 1.53 bits per heavy atom. The molecule has 3 aromatic rings. The van der Waals surface area contributed by atoms with Crippen molar-refractivity contribution < 1.29 is 4.79 Å². The summed E-state index contributed by atoms with van der Waals surface area (Å²) in [4.78, 5) is 16.5. The number of hydrogen-bond acceptors (Lipinski definition) is 4. The summed E-state index contributed by atoms with van der Waals surface area (Å²) in [7, 11) is 1.78. The van der Waals surface area contributed by atoms with Crippen molar-refractivity contribution >= 4 is 39.9 Å². The summed E-state index contributed by atoms with van der Waals surface area (Å²) < 4.78 is 1.64. The molecule has 0 spiro atoms. The SMILES string of the molecule is Cn1nc(-c2cccs2)c2c(Cl)c(C(N)=O)cnc21. The molecule has 3 rings (SSSR count). The van der Waals surface area contributed by atoms with Crippen LogP contribution in [-0.2, 0) is 7.05 Å². The van der Waals surface area contributed by atoms with Crippen molar-refractivity contribution in [2.45, 2.75) is 0 Å². The average Bonchev–Trinajstić information content (AvgIpc) is 2.97.